The van der Waals surface area contributed by atoms with Gasteiger partial charge in [0.2, 0.25) is 0 Å². The number of aromatic nitrogens is 2. The summed E-state index contributed by atoms with van der Waals surface area (Å²) < 4.78 is 2.25. The Kier molecular flexibility index (Phi) is 8.16. The number of nitrogens with one attached hydrogen (secondary N) is 1. The fourth-order valence-electron chi connectivity index (χ4n) is 4.97. The number of piperidine rings is 1. The molecule has 1 aromatic carbocycles. The summed E-state index contributed by atoms with van der Waals surface area (Å²) in [6, 6.07) is 12.8. The molecule has 0 spiro atoms. The predicted molar refractivity (Wildman–Crippen MR) is 148 cm³/mol. The average Bonchev–Trinajstić information content (AvgIpc) is 3.22. The molecule has 0 aliphatic carbocycles. The molecule has 0 unspecified atom stereocenters. The third-order valence-corrected chi connectivity index (χ3v) is 7.31. The van der Waals surface area contributed by atoms with Gasteiger partial charge in [-0.25, -0.2) is 0 Å². The van der Waals surface area contributed by atoms with Crippen LogP contribution >= 0.6 is 0 Å². The van der Waals surface area contributed by atoms with E-state index in [1.807, 2.05) is 12.1 Å². The van der Waals surface area contributed by atoms with E-state index in [-0.39, 0.29) is 11.3 Å². The molecular weight excluding hydrogens is 444 g/mol. The smallest absolute Gasteiger partial charge is 0.253 e. The van der Waals surface area contributed by atoms with Gasteiger partial charge in [0, 0.05) is 34.8 Å². The number of benzene rings is 1. The van der Waals surface area contributed by atoms with Gasteiger partial charge in [0.1, 0.15) is 0 Å². The molecule has 36 heavy (non-hydrogen) atoms. The monoisotopic (exact) mass is 484 g/mol. The van der Waals surface area contributed by atoms with Gasteiger partial charge < -0.3 is 14.8 Å². The van der Waals surface area contributed by atoms with E-state index in [1.165, 1.54) is 48.8 Å². The van der Waals surface area contributed by atoms with Crippen molar-refractivity contribution in [2.24, 2.45) is 5.92 Å². The molecule has 3 heterocycles. The molecule has 190 valence electrons. The van der Waals surface area contributed by atoms with Crippen LogP contribution in [0.5, 0.6) is 0 Å². The zero-order valence-electron chi connectivity index (χ0n) is 22.5. The summed E-state index contributed by atoms with van der Waals surface area (Å²) in [4.78, 5) is 19.4. The minimum Gasteiger partial charge on any atom is -0.341 e. The third-order valence-electron chi connectivity index (χ3n) is 7.31. The summed E-state index contributed by atoms with van der Waals surface area (Å²) in [5.74, 6) is 7.11. The van der Waals surface area contributed by atoms with Gasteiger partial charge in [-0.3, -0.25) is 9.78 Å². The van der Waals surface area contributed by atoms with Gasteiger partial charge in [-0.05, 0) is 100 Å². The van der Waals surface area contributed by atoms with E-state index in [1.54, 1.807) is 6.20 Å². The Labute approximate surface area is 216 Å². The molecule has 2 aromatic heterocycles. The van der Waals surface area contributed by atoms with Crippen molar-refractivity contribution in [2.75, 3.05) is 26.7 Å². The van der Waals surface area contributed by atoms with Crippen molar-refractivity contribution in [3.05, 3.63) is 65.1 Å². The maximum absolute atomic E-state index is 12.5. The highest BCUT2D eigenvalue weighted by Gasteiger charge is 2.17. The molecule has 1 aliphatic rings. The molecule has 5 heteroatoms. The zero-order valence-corrected chi connectivity index (χ0v) is 22.5. The lowest BCUT2D eigenvalue weighted by atomic mass is 9.90. The number of nitrogens with zero attached hydrogens (tertiary/aromatic N) is 3. The Hall–Kier alpha value is -3.10. The second-order valence-corrected chi connectivity index (χ2v) is 11.1. The van der Waals surface area contributed by atoms with Crippen LogP contribution < -0.4 is 5.32 Å². The van der Waals surface area contributed by atoms with Crippen molar-refractivity contribution >= 4 is 16.8 Å². The minimum atomic E-state index is -0.150. The number of carbonyl (C=O) groups is 1. The minimum absolute atomic E-state index is 0.0361. The molecule has 1 aliphatic heterocycles. The van der Waals surface area contributed by atoms with Gasteiger partial charge in [-0.15, -0.1) is 0 Å². The molecule has 0 radical (unpaired) electrons. The first kappa shape index (κ1) is 26.0. The zero-order chi connectivity index (χ0) is 25.7. The first-order chi connectivity index (χ1) is 17.2. The molecule has 1 saturated heterocycles. The van der Waals surface area contributed by atoms with E-state index in [9.17, 15) is 4.79 Å². The van der Waals surface area contributed by atoms with Crippen LogP contribution in [0, 0.1) is 17.8 Å². The van der Waals surface area contributed by atoms with E-state index in [0.717, 1.165) is 30.3 Å². The SMILES string of the molecule is CCn1c(C#CCNC(=O)c2ccc(C(C)(C)C)nc2)cc2cc(CCC3CCN(C)CC3)ccc21. The van der Waals surface area contributed by atoms with Crippen molar-refractivity contribution < 1.29 is 4.79 Å². The summed E-state index contributed by atoms with van der Waals surface area (Å²) in [6.07, 6.45) is 6.69. The largest absolute Gasteiger partial charge is 0.341 e. The number of rotatable bonds is 6. The average molecular weight is 485 g/mol. The van der Waals surface area contributed by atoms with Crippen LogP contribution in [-0.2, 0) is 18.4 Å². The first-order valence-electron chi connectivity index (χ1n) is 13.3. The van der Waals surface area contributed by atoms with E-state index >= 15 is 0 Å². The van der Waals surface area contributed by atoms with Gasteiger partial charge in [0.25, 0.3) is 5.91 Å². The van der Waals surface area contributed by atoms with Crippen LogP contribution in [0.1, 0.15) is 74.3 Å². The number of aryl methyl sites for hydroxylation is 2. The van der Waals surface area contributed by atoms with E-state index < -0.39 is 0 Å². The summed E-state index contributed by atoms with van der Waals surface area (Å²) in [5.41, 5.74) is 5.11. The number of pyridine rings is 1. The summed E-state index contributed by atoms with van der Waals surface area (Å²) in [7, 11) is 2.22. The van der Waals surface area contributed by atoms with Crippen molar-refractivity contribution in [3.8, 4) is 11.8 Å². The highest BCUT2D eigenvalue weighted by atomic mass is 16.1. The molecule has 1 fully saturated rings. The number of hydrogen-bond acceptors (Lipinski definition) is 3. The van der Waals surface area contributed by atoms with Gasteiger partial charge in [0.15, 0.2) is 0 Å². The topological polar surface area (TPSA) is 50.2 Å². The Morgan fingerprint density at radius 3 is 2.58 bits per heavy atom. The molecule has 1 amide bonds. The van der Waals surface area contributed by atoms with Crippen LogP contribution in [0.2, 0.25) is 0 Å². The van der Waals surface area contributed by atoms with Crippen molar-refractivity contribution in [3.63, 3.8) is 0 Å². The number of carbonyl (C=O) groups excluding carboxylic acids is 1. The standard InChI is InChI=1S/C31H40N4O/c1-6-35-27(8-7-17-32-30(36)25-12-14-29(33-22-25)31(2,3)4)21-26-20-24(11-13-28(26)35)10-9-23-15-18-34(5)19-16-23/h11-14,20-23H,6,9-10,15-19H2,1-5H3,(H,32,36). The van der Waals surface area contributed by atoms with Crippen molar-refractivity contribution in [2.45, 2.75) is 65.3 Å². The van der Waals surface area contributed by atoms with Crippen LogP contribution in [0.3, 0.4) is 0 Å². The first-order valence-corrected chi connectivity index (χ1v) is 13.3. The van der Waals surface area contributed by atoms with Crippen LogP contribution in [0.15, 0.2) is 42.6 Å². The number of hydrogen-bond donors (Lipinski definition) is 1. The molecule has 1 N–H and O–H groups in total. The normalized spacial score (nSPS) is 15.0. The maximum atomic E-state index is 12.5. The molecular formula is C31H40N4O. The van der Waals surface area contributed by atoms with E-state index in [2.05, 4.69) is 90.6 Å². The summed E-state index contributed by atoms with van der Waals surface area (Å²) >= 11 is 0. The number of fused-ring (bicyclic) bond motifs is 1. The Morgan fingerprint density at radius 1 is 1.14 bits per heavy atom. The van der Waals surface area contributed by atoms with Gasteiger partial charge in [-0.2, -0.15) is 0 Å². The quantitative estimate of drug-likeness (QED) is 0.476. The van der Waals surface area contributed by atoms with Crippen LogP contribution in [-0.4, -0.2) is 47.0 Å². The molecule has 5 nitrogen and oxygen atoms in total. The lowest BCUT2D eigenvalue weighted by Gasteiger charge is -2.28. The maximum Gasteiger partial charge on any atom is 0.253 e. The lowest BCUT2D eigenvalue weighted by molar-refractivity contribution is 0.0958. The Bertz CT molecular complexity index is 1250. The van der Waals surface area contributed by atoms with E-state index in [4.69, 9.17) is 0 Å². The molecule has 4 rings (SSSR count). The molecule has 0 saturated carbocycles. The summed E-state index contributed by atoms with van der Waals surface area (Å²) in [6.45, 7) is 12.1. The number of amides is 1. The van der Waals surface area contributed by atoms with E-state index in [0.29, 0.717) is 12.1 Å². The lowest BCUT2D eigenvalue weighted by Crippen LogP contribution is -2.30. The van der Waals surface area contributed by atoms with Crippen molar-refractivity contribution in [1.29, 1.82) is 0 Å². The van der Waals surface area contributed by atoms with Crippen molar-refractivity contribution in [1.82, 2.24) is 19.8 Å². The Balaban J connectivity index is 1.37. The predicted octanol–water partition coefficient (Wildman–Crippen LogP) is 5.41. The second kappa shape index (κ2) is 11.3. The molecule has 0 bridgehead atoms. The van der Waals surface area contributed by atoms with Gasteiger partial charge in [0.05, 0.1) is 17.8 Å². The van der Waals surface area contributed by atoms with Crippen LogP contribution in [0.4, 0.5) is 0 Å². The highest BCUT2D eigenvalue weighted by molar-refractivity contribution is 5.94. The summed E-state index contributed by atoms with van der Waals surface area (Å²) in [5, 5.41) is 4.14. The fraction of sp³-hybridized carbons (Fsp3) is 0.484. The van der Waals surface area contributed by atoms with Crippen LogP contribution in [0.25, 0.3) is 10.9 Å². The highest BCUT2D eigenvalue weighted by Crippen LogP contribution is 2.25. The van der Waals surface area contributed by atoms with Gasteiger partial charge in [-0.1, -0.05) is 32.8 Å². The van der Waals surface area contributed by atoms with Gasteiger partial charge >= 0.3 is 0 Å². The molecule has 3 aromatic rings. The fourth-order valence-corrected chi connectivity index (χ4v) is 4.97. The number of likely N-dealkylation sites (tertiary alicyclic amines) is 1. The molecule has 0 atom stereocenters. The second-order valence-electron chi connectivity index (χ2n) is 11.1. The Morgan fingerprint density at radius 2 is 1.92 bits per heavy atom. The third kappa shape index (κ3) is 6.36.